The van der Waals surface area contributed by atoms with Crippen molar-refractivity contribution in [1.29, 1.82) is 0 Å². The summed E-state index contributed by atoms with van der Waals surface area (Å²) < 4.78 is 1.78. The van der Waals surface area contributed by atoms with E-state index < -0.39 is 0 Å². The minimum absolute atomic E-state index is 0.0146. The number of nitrogens with two attached hydrogens (primary N) is 1. The summed E-state index contributed by atoms with van der Waals surface area (Å²) in [5.41, 5.74) is 10.8. The van der Waals surface area contributed by atoms with E-state index in [-0.39, 0.29) is 17.4 Å². The van der Waals surface area contributed by atoms with Crippen LogP contribution in [0, 0.1) is 12.8 Å². The van der Waals surface area contributed by atoms with Crippen molar-refractivity contribution in [1.82, 2.24) is 19.7 Å². The number of anilines is 3. The molecule has 4 N–H and O–H groups in total. The number of benzene rings is 2. The van der Waals surface area contributed by atoms with Gasteiger partial charge in [0.2, 0.25) is 0 Å². The number of pyridine rings is 1. The molecule has 42 heavy (non-hydrogen) atoms. The van der Waals surface area contributed by atoms with E-state index in [2.05, 4.69) is 42.5 Å². The maximum absolute atomic E-state index is 13.3. The van der Waals surface area contributed by atoms with Crippen LogP contribution < -0.4 is 16.4 Å². The topological polar surface area (TPSA) is 118 Å². The minimum atomic E-state index is -0.325. The highest BCUT2D eigenvalue weighted by Gasteiger charge is 2.25. The molecule has 218 valence electrons. The number of amides is 3. The van der Waals surface area contributed by atoms with Gasteiger partial charge in [0.1, 0.15) is 11.6 Å². The fourth-order valence-corrected chi connectivity index (χ4v) is 5.18. The van der Waals surface area contributed by atoms with E-state index in [1.807, 2.05) is 60.4 Å². The van der Waals surface area contributed by atoms with Crippen LogP contribution in [-0.4, -0.2) is 44.7 Å². The van der Waals surface area contributed by atoms with Gasteiger partial charge in [-0.15, -0.1) is 0 Å². The van der Waals surface area contributed by atoms with E-state index in [1.54, 1.807) is 16.8 Å². The Morgan fingerprint density at radius 3 is 2.36 bits per heavy atom. The van der Waals surface area contributed by atoms with E-state index in [9.17, 15) is 9.59 Å². The van der Waals surface area contributed by atoms with Crippen LogP contribution in [0.1, 0.15) is 60.8 Å². The van der Waals surface area contributed by atoms with E-state index in [0.29, 0.717) is 36.2 Å². The molecule has 3 heterocycles. The van der Waals surface area contributed by atoms with Gasteiger partial charge < -0.3 is 16.0 Å². The molecule has 0 aliphatic carbocycles. The number of nitrogens with zero attached hydrogens (tertiary/aromatic N) is 4. The third-order valence-electron chi connectivity index (χ3n) is 7.71. The number of urea groups is 1. The first-order valence-corrected chi connectivity index (χ1v) is 14.4. The van der Waals surface area contributed by atoms with Gasteiger partial charge >= 0.3 is 6.03 Å². The number of aromatic nitrogens is 3. The highest BCUT2D eigenvalue weighted by molar-refractivity contribution is 6.00. The number of nitrogen functional groups attached to an aromatic ring is 1. The summed E-state index contributed by atoms with van der Waals surface area (Å²) in [5, 5.41) is 10.9. The van der Waals surface area contributed by atoms with Crippen molar-refractivity contribution in [3.8, 4) is 5.69 Å². The second-order valence-corrected chi connectivity index (χ2v) is 12.1. The number of carbonyl (C=O) groups excluding carboxylic acids is 2. The van der Waals surface area contributed by atoms with Crippen LogP contribution in [0.3, 0.4) is 0 Å². The number of nitrogens with one attached hydrogen (secondary N) is 2. The first-order valence-electron chi connectivity index (χ1n) is 14.4. The van der Waals surface area contributed by atoms with Crippen LogP contribution in [0.15, 0.2) is 72.9 Å². The molecular formula is C33H39N7O2. The van der Waals surface area contributed by atoms with Crippen LogP contribution in [0.25, 0.3) is 5.69 Å². The average Bonchev–Trinajstić information content (AvgIpc) is 3.39. The van der Waals surface area contributed by atoms with Crippen LogP contribution in [0.2, 0.25) is 0 Å². The molecule has 2 aromatic carbocycles. The highest BCUT2D eigenvalue weighted by atomic mass is 16.2. The molecule has 9 nitrogen and oxygen atoms in total. The van der Waals surface area contributed by atoms with Crippen LogP contribution in [0.5, 0.6) is 0 Å². The minimum Gasteiger partial charge on any atom is -0.384 e. The van der Waals surface area contributed by atoms with Crippen LogP contribution in [-0.2, 0) is 11.8 Å². The van der Waals surface area contributed by atoms with E-state index >= 15 is 0 Å². The number of rotatable bonds is 6. The summed E-state index contributed by atoms with van der Waals surface area (Å²) in [7, 11) is 0. The summed E-state index contributed by atoms with van der Waals surface area (Å²) in [6.07, 6.45) is 4.13. The zero-order valence-corrected chi connectivity index (χ0v) is 24.7. The number of likely N-dealkylation sites (tertiary alicyclic amines) is 1. The summed E-state index contributed by atoms with van der Waals surface area (Å²) >= 11 is 0. The van der Waals surface area contributed by atoms with Gasteiger partial charge in [-0.05, 0) is 68.0 Å². The Morgan fingerprint density at radius 2 is 1.69 bits per heavy atom. The Labute approximate surface area is 247 Å². The first-order chi connectivity index (χ1) is 20.1. The quantitative estimate of drug-likeness (QED) is 0.257. The van der Waals surface area contributed by atoms with Gasteiger partial charge in [-0.3, -0.25) is 10.1 Å². The smallest absolute Gasteiger partial charge is 0.324 e. The van der Waals surface area contributed by atoms with Gasteiger partial charge in [-0.2, -0.15) is 5.10 Å². The zero-order chi connectivity index (χ0) is 29.9. The number of piperidine rings is 1. The highest BCUT2D eigenvalue weighted by Crippen LogP contribution is 2.28. The lowest BCUT2D eigenvalue weighted by Crippen LogP contribution is -2.39. The number of hydrogen-bond donors (Lipinski definition) is 3. The molecule has 4 aromatic rings. The second kappa shape index (κ2) is 12.1. The van der Waals surface area contributed by atoms with Crippen molar-refractivity contribution >= 4 is 29.3 Å². The molecule has 1 fully saturated rings. The first kappa shape index (κ1) is 28.9. The summed E-state index contributed by atoms with van der Waals surface area (Å²) in [6.45, 7) is 9.71. The van der Waals surface area contributed by atoms with E-state index in [1.165, 1.54) is 6.20 Å². The lowest BCUT2D eigenvalue weighted by molar-refractivity contribution is 0.0690. The second-order valence-electron chi connectivity index (χ2n) is 12.1. The Balaban J connectivity index is 1.24. The Kier molecular flexibility index (Phi) is 8.29. The number of hydrogen-bond acceptors (Lipinski definition) is 5. The molecule has 1 saturated heterocycles. The predicted octanol–water partition coefficient (Wildman–Crippen LogP) is 6.19. The molecule has 3 amide bonds. The maximum Gasteiger partial charge on any atom is 0.324 e. The monoisotopic (exact) mass is 565 g/mol. The largest absolute Gasteiger partial charge is 0.384 e. The molecule has 0 unspecified atom stereocenters. The lowest BCUT2D eigenvalue weighted by atomic mass is 9.89. The molecular weight excluding hydrogens is 526 g/mol. The Hall–Kier alpha value is -4.66. The van der Waals surface area contributed by atoms with Gasteiger partial charge in [0, 0.05) is 36.5 Å². The van der Waals surface area contributed by atoms with Crippen molar-refractivity contribution in [2.45, 2.75) is 52.4 Å². The molecule has 9 heteroatoms. The molecule has 1 aliphatic rings. The van der Waals surface area contributed by atoms with E-state index in [0.717, 1.165) is 47.5 Å². The summed E-state index contributed by atoms with van der Waals surface area (Å²) in [6, 6.07) is 20.9. The standard InChI is InChI=1S/C33H39N7O2/c1-22-9-12-26(13-10-22)40-30(20-28(38-40)33(2,3)4)37-32(42)36-27-8-6-5-7-24(27)19-23-15-17-39(18-16-23)31(41)25-11-14-29(34)35-21-25/h5-14,20-21,23H,15-19H2,1-4H3,(H2,34,35)(H2,36,37,42). The molecule has 2 aromatic heterocycles. The molecule has 5 rings (SSSR count). The van der Waals surface area contributed by atoms with Crippen LogP contribution in [0.4, 0.5) is 22.1 Å². The summed E-state index contributed by atoms with van der Waals surface area (Å²) in [5.74, 6) is 1.39. The third-order valence-corrected chi connectivity index (χ3v) is 7.71. The average molecular weight is 566 g/mol. The normalized spacial score (nSPS) is 14.0. The number of carbonyl (C=O) groups is 2. The molecule has 0 radical (unpaired) electrons. The molecule has 0 atom stereocenters. The molecule has 0 spiro atoms. The Morgan fingerprint density at radius 1 is 0.976 bits per heavy atom. The number of para-hydroxylation sites is 1. The summed E-state index contributed by atoms with van der Waals surface area (Å²) in [4.78, 5) is 32.1. The Bertz CT molecular complexity index is 1540. The zero-order valence-electron chi connectivity index (χ0n) is 24.7. The van der Waals surface area contributed by atoms with Gasteiger partial charge in [-0.25, -0.2) is 14.5 Å². The van der Waals surface area contributed by atoms with Gasteiger partial charge in [0.25, 0.3) is 5.91 Å². The SMILES string of the molecule is Cc1ccc(-n2nc(C(C)(C)C)cc2NC(=O)Nc2ccccc2CC2CCN(C(=O)c3ccc(N)nc3)CC2)cc1. The van der Waals surface area contributed by atoms with Crippen LogP contribution >= 0.6 is 0 Å². The lowest BCUT2D eigenvalue weighted by Gasteiger charge is -2.32. The predicted molar refractivity (Wildman–Crippen MR) is 167 cm³/mol. The number of aryl methyl sites for hydroxylation is 1. The molecule has 0 bridgehead atoms. The molecule has 1 aliphatic heterocycles. The van der Waals surface area contributed by atoms with Gasteiger partial charge in [0.05, 0.1) is 16.9 Å². The van der Waals surface area contributed by atoms with Crippen molar-refractivity contribution in [2.24, 2.45) is 5.92 Å². The third kappa shape index (κ3) is 6.79. The molecule has 0 saturated carbocycles. The fourth-order valence-electron chi connectivity index (χ4n) is 5.18. The van der Waals surface area contributed by atoms with Crippen molar-refractivity contribution < 1.29 is 9.59 Å². The maximum atomic E-state index is 13.3. The van der Waals surface area contributed by atoms with Gasteiger partial charge in [0.15, 0.2) is 0 Å². The van der Waals surface area contributed by atoms with Crippen molar-refractivity contribution in [3.05, 3.63) is 95.3 Å². The fraction of sp³-hybridized carbons (Fsp3) is 0.333. The van der Waals surface area contributed by atoms with E-state index in [4.69, 9.17) is 10.8 Å². The van der Waals surface area contributed by atoms with Crippen molar-refractivity contribution in [2.75, 3.05) is 29.5 Å². The van der Waals surface area contributed by atoms with Gasteiger partial charge in [-0.1, -0.05) is 56.7 Å². The van der Waals surface area contributed by atoms with Crippen molar-refractivity contribution in [3.63, 3.8) is 0 Å².